The summed E-state index contributed by atoms with van der Waals surface area (Å²) in [6, 6.07) is 7.59. The van der Waals surface area contributed by atoms with Crippen LogP contribution >= 0.6 is 24.0 Å². The minimum Gasteiger partial charge on any atom is -0.357 e. The van der Waals surface area contributed by atoms with Crippen molar-refractivity contribution in [3.05, 3.63) is 35.4 Å². The first-order valence-electron chi connectivity index (χ1n) is 8.40. The van der Waals surface area contributed by atoms with Gasteiger partial charge in [-0.05, 0) is 38.3 Å². The summed E-state index contributed by atoms with van der Waals surface area (Å²) in [5, 5.41) is 9.36. The summed E-state index contributed by atoms with van der Waals surface area (Å²) in [5.41, 5.74) is 1.78. The molecule has 24 heavy (non-hydrogen) atoms. The number of benzene rings is 1. The Kier molecular flexibility index (Phi) is 12.3. The molecule has 0 aliphatic rings. The van der Waals surface area contributed by atoms with Crippen molar-refractivity contribution in [3.8, 4) is 0 Å². The van der Waals surface area contributed by atoms with Crippen molar-refractivity contribution in [1.29, 1.82) is 0 Å². The molecule has 0 aliphatic carbocycles. The molecule has 0 heterocycles. The first-order valence-corrected chi connectivity index (χ1v) is 8.40. The normalized spacial score (nSPS) is 11.0. The van der Waals surface area contributed by atoms with E-state index < -0.39 is 0 Å². The number of hydrogen-bond donors (Lipinski definition) is 3. The number of aliphatic imine (C=N–C) groups is 1. The largest absolute Gasteiger partial charge is 0.357 e. The van der Waals surface area contributed by atoms with Crippen LogP contribution in [0.4, 0.5) is 0 Å². The topological polar surface area (TPSA) is 65.5 Å². The van der Waals surface area contributed by atoms with E-state index in [1.807, 2.05) is 38.1 Å². The Morgan fingerprint density at radius 3 is 2.50 bits per heavy atom. The van der Waals surface area contributed by atoms with E-state index in [4.69, 9.17) is 0 Å². The SMILES string of the molecule is CCNC(=NCCC(C)C)NCCNC(=O)c1cccc(C)c1.I. The van der Waals surface area contributed by atoms with E-state index in [0.717, 1.165) is 31.0 Å². The molecular formula is C18H31IN4O. The van der Waals surface area contributed by atoms with Crippen LogP contribution in [-0.2, 0) is 0 Å². The fourth-order valence-electron chi connectivity index (χ4n) is 2.02. The van der Waals surface area contributed by atoms with Gasteiger partial charge in [0.2, 0.25) is 0 Å². The van der Waals surface area contributed by atoms with Gasteiger partial charge in [0.15, 0.2) is 5.96 Å². The smallest absolute Gasteiger partial charge is 0.251 e. The second-order valence-electron chi connectivity index (χ2n) is 6.00. The fourth-order valence-corrected chi connectivity index (χ4v) is 2.02. The molecule has 0 saturated carbocycles. The van der Waals surface area contributed by atoms with Crippen molar-refractivity contribution < 1.29 is 4.79 Å². The number of aryl methyl sites for hydroxylation is 1. The highest BCUT2D eigenvalue weighted by molar-refractivity contribution is 14.0. The van der Waals surface area contributed by atoms with Crippen LogP contribution in [-0.4, -0.2) is 38.0 Å². The second kappa shape index (κ2) is 13.0. The second-order valence-corrected chi connectivity index (χ2v) is 6.00. The van der Waals surface area contributed by atoms with E-state index in [1.54, 1.807) is 0 Å². The Bertz CT molecular complexity index is 517. The molecule has 0 spiro atoms. The standard InChI is InChI=1S/C18H30N4O.HI/c1-5-19-18(21-10-9-14(2)3)22-12-11-20-17(23)16-8-6-7-15(4)13-16;/h6-8,13-14H,5,9-12H2,1-4H3,(H,20,23)(H2,19,21,22);1H. The Balaban J connectivity index is 0.00000529. The maximum atomic E-state index is 12.0. The third kappa shape index (κ3) is 9.75. The first-order chi connectivity index (χ1) is 11.0. The van der Waals surface area contributed by atoms with Crippen molar-refractivity contribution in [2.24, 2.45) is 10.9 Å². The number of rotatable bonds is 8. The lowest BCUT2D eigenvalue weighted by Crippen LogP contribution is -2.41. The number of hydrogen-bond acceptors (Lipinski definition) is 2. The predicted octanol–water partition coefficient (Wildman–Crippen LogP) is 2.94. The van der Waals surface area contributed by atoms with Crippen molar-refractivity contribution in [3.63, 3.8) is 0 Å². The maximum Gasteiger partial charge on any atom is 0.251 e. The van der Waals surface area contributed by atoms with Crippen molar-refractivity contribution >= 4 is 35.8 Å². The van der Waals surface area contributed by atoms with E-state index in [9.17, 15) is 4.79 Å². The zero-order chi connectivity index (χ0) is 17.1. The lowest BCUT2D eigenvalue weighted by molar-refractivity contribution is 0.0954. The molecule has 1 aromatic rings. The molecule has 1 aromatic carbocycles. The molecule has 0 saturated heterocycles. The van der Waals surface area contributed by atoms with Gasteiger partial charge in [-0.25, -0.2) is 0 Å². The maximum absolute atomic E-state index is 12.0. The van der Waals surface area contributed by atoms with Gasteiger partial charge in [-0.15, -0.1) is 24.0 Å². The lowest BCUT2D eigenvalue weighted by atomic mass is 10.1. The highest BCUT2D eigenvalue weighted by Gasteiger charge is 2.04. The summed E-state index contributed by atoms with van der Waals surface area (Å²) in [5.74, 6) is 1.41. The molecule has 0 aliphatic heterocycles. The van der Waals surface area contributed by atoms with Crippen LogP contribution in [0.2, 0.25) is 0 Å². The molecule has 0 bridgehead atoms. The molecule has 1 amide bonds. The van der Waals surface area contributed by atoms with Gasteiger partial charge in [-0.2, -0.15) is 0 Å². The van der Waals surface area contributed by atoms with Gasteiger partial charge in [0, 0.05) is 31.7 Å². The molecule has 5 nitrogen and oxygen atoms in total. The van der Waals surface area contributed by atoms with E-state index in [1.165, 1.54) is 0 Å². The van der Waals surface area contributed by atoms with Gasteiger partial charge >= 0.3 is 0 Å². The van der Waals surface area contributed by atoms with E-state index in [0.29, 0.717) is 24.6 Å². The van der Waals surface area contributed by atoms with E-state index >= 15 is 0 Å². The fraction of sp³-hybridized carbons (Fsp3) is 0.556. The third-order valence-electron chi connectivity index (χ3n) is 3.30. The average Bonchev–Trinajstić information content (AvgIpc) is 2.50. The van der Waals surface area contributed by atoms with Crippen LogP contribution < -0.4 is 16.0 Å². The molecule has 0 radical (unpaired) electrons. The van der Waals surface area contributed by atoms with Crippen LogP contribution in [0.25, 0.3) is 0 Å². The van der Waals surface area contributed by atoms with Crippen LogP contribution in [0, 0.1) is 12.8 Å². The summed E-state index contributed by atoms with van der Waals surface area (Å²) in [6.07, 6.45) is 1.07. The molecule has 0 atom stereocenters. The number of nitrogens with one attached hydrogen (secondary N) is 3. The predicted molar refractivity (Wildman–Crippen MR) is 112 cm³/mol. The summed E-state index contributed by atoms with van der Waals surface area (Å²) >= 11 is 0. The first kappa shape index (κ1) is 22.7. The zero-order valence-corrected chi connectivity index (χ0v) is 17.5. The number of carbonyl (C=O) groups excluding carboxylic acids is 1. The van der Waals surface area contributed by atoms with Gasteiger partial charge in [0.25, 0.3) is 5.91 Å². The Morgan fingerprint density at radius 1 is 1.17 bits per heavy atom. The van der Waals surface area contributed by atoms with Crippen LogP contribution in [0.3, 0.4) is 0 Å². The quantitative estimate of drug-likeness (QED) is 0.249. The van der Waals surface area contributed by atoms with Gasteiger partial charge in [0.05, 0.1) is 0 Å². The highest BCUT2D eigenvalue weighted by Crippen LogP contribution is 2.03. The number of amides is 1. The summed E-state index contributed by atoms with van der Waals surface area (Å²) in [7, 11) is 0. The average molecular weight is 446 g/mol. The molecule has 136 valence electrons. The zero-order valence-electron chi connectivity index (χ0n) is 15.2. The monoisotopic (exact) mass is 446 g/mol. The minimum absolute atomic E-state index is 0. The van der Waals surface area contributed by atoms with Crippen molar-refractivity contribution in [2.45, 2.75) is 34.1 Å². The van der Waals surface area contributed by atoms with Gasteiger partial charge in [0.1, 0.15) is 0 Å². The molecule has 3 N–H and O–H groups in total. The lowest BCUT2D eigenvalue weighted by Gasteiger charge is -2.12. The third-order valence-corrected chi connectivity index (χ3v) is 3.30. The number of halogens is 1. The number of guanidine groups is 1. The van der Waals surface area contributed by atoms with Gasteiger partial charge in [-0.1, -0.05) is 31.5 Å². The van der Waals surface area contributed by atoms with Gasteiger partial charge < -0.3 is 16.0 Å². The van der Waals surface area contributed by atoms with Crippen molar-refractivity contribution in [1.82, 2.24) is 16.0 Å². The Hall–Kier alpha value is -1.31. The molecule has 0 aromatic heterocycles. The van der Waals surface area contributed by atoms with Crippen LogP contribution in [0.1, 0.15) is 43.1 Å². The molecule has 6 heteroatoms. The van der Waals surface area contributed by atoms with E-state index in [-0.39, 0.29) is 29.9 Å². The van der Waals surface area contributed by atoms with Crippen LogP contribution in [0.5, 0.6) is 0 Å². The Morgan fingerprint density at radius 2 is 1.88 bits per heavy atom. The molecule has 1 rings (SSSR count). The van der Waals surface area contributed by atoms with E-state index in [2.05, 4.69) is 34.8 Å². The highest BCUT2D eigenvalue weighted by atomic mass is 127. The van der Waals surface area contributed by atoms with Crippen molar-refractivity contribution in [2.75, 3.05) is 26.2 Å². The Labute approximate surface area is 163 Å². The molecule has 0 unspecified atom stereocenters. The number of nitrogens with zero attached hydrogens (tertiary/aromatic N) is 1. The summed E-state index contributed by atoms with van der Waals surface area (Å²) in [4.78, 5) is 16.6. The minimum atomic E-state index is -0.0442. The van der Waals surface area contributed by atoms with Gasteiger partial charge in [-0.3, -0.25) is 9.79 Å². The van der Waals surface area contributed by atoms with Crippen LogP contribution in [0.15, 0.2) is 29.3 Å². The molecule has 0 fully saturated rings. The number of carbonyl (C=O) groups is 1. The molecular weight excluding hydrogens is 415 g/mol. The summed E-state index contributed by atoms with van der Waals surface area (Å²) < 4.78 is 0. The summed E-state index contributed by atoms with van der Waals surface area (Å²) in [6.45, 7) is 11.2.